The average Bonchev–Trinajstić information content (AvgIpc) is 2.44. The van der Waals surface area contributed by atoms with Crippen molar-refractivity contribution in [3.63, 3.8) is 0 Å². The minimum atomic E-state index is -1.03. The molecule has 0 unspecified atom stereocenters. The van der Waals surface area contributed by atoms with Gasteiger partial charge in [-0.05, 0) is 17.5 Å². The molecule has 0 amide bonds. The number of carboxylic acids is 1. The summed E-state index contributed by atoms with van der Waals surface area (Å²) in [6, 6.07) is 8.83. The van der Waals surface area contributed by atoms with Crippen molar-refractivity contribution in [3.05, 3.63) is 57.8 Å². The third kappa shape index (κ3) is 4.18. The van der Waals surface area contributed by atoms with Crippen LogP contribution in [0.1, 0.15) is 36.8 Å². The zero-order valence-electron chi connectivity index (χ0n) is 12.5. The lowest BCUT2D eigenvalue weighted by Gasteiger charge is -2.13. The Labute approximate surface area is 127 Å². The van der Waals surface area contributed by atoms with Crippen molar-refractivity contribution in [1.82, 2.24) is 9.97 Å². The van der Waals surface area contributed by atoms with E-state index in [9.17, 15) is 9.59 Å². The van der Waals surface area contributed by atoms with Gasteiger partial charge in [-0.25, -0.2) is 4.98 Å². The number of nitrogens with zero attached hydrogens (tertiary/aromatic N) is 1. The molecule has 2 N–H and O–H groups in total. The number of carbonyl (C=O) groups is 1. The molecule has 2 aromatic rings. The predicted octanol–water partition coefficient (Wildman–Crippen LogP) is 2.10. The summed E-state index contributed by atoms with van der Waals surface area (Å²) in [6.07, 6.45) is -0.292. The fraction of sp³-hybridized carbons (Fsp3) is 0.312. The first-order valence-corrected chi connectivity index (χ1v) is 6.98. The van der Waals surface area contributed by atoms with E-state index in [4.69, 9.17) is 9.84 Å². The Morgan fingerprint density at radius 2 is 2.09 bits per heavy atom. The highest BCUT2D eigenvalue weighted by Gasteiger charge is 2.09. The maximum absolute atomic E-state index is 11.5. The highest BCUT2D eigenvalue weighted by atomic mass is 16.5. The lowest BCUT2D eigenvalue weighted by molar-refractivity contribution is -0.136. The molecule has 0 saturated heterocycles. The molecule has 0 saturated carbocycles. The van der Waals surface area contributed by atoms with E-state index in [1.807, 2.05) is 24.3 Å². The predicted molar refractivity (Wildman–Crippen MR) is 81.1 cm³/mol. The van der Waals surface area contributed by atoms with Crippen molar-refractivity contribution >= 4 is 5.97 Å². The third-order valence-corrected chi connectivity index (χ3v) is 3.08. The van der Waals surface area contributed by atoms with Crippen molar-refractivity contribution in [3.8, 4) is 5.75 Å². The topological polar surface area (TPSA) is 92.3 Å². The number of aromatic nitrogens is 2. The summed E-state index contributed by atoms with van der Waals surface area (Å²) in [5, 5.41) is 8.77. The van der Waals surface area contributed by atoms with Crippen LogP contribution in [0.3, 0.4) is 0 Å². The van der Waals surface area contributed by atoms with Crippen molar-refractivity contribution in [1.29, 1.82) is 0 Å². The van der Waals surface area contributed by atoms with Gasteiger partial charge in [0, 0.05) is 6.07 Å². The smallest absolute Gasteiger partial charge is 0.309 e. The van der Waals surface area contributed by atoms with Gasteiger partial charge in [0.05, 0.1) is 12.1 Å². The van der Waals surface area contributed by atoms with Crippen LogP contribution in [-0.2, 0) is 17.8 Å². The summed E-state index contributed by atoms with van der Waals surface area (Å²) < 4.78 is 5.72. The molecule has 1 heterocycles. The zero-order valence-corrected chi connectivity index (χ0v) is 12.5. The summed E-state index contributed by atoms with van der Waals surface area (Å²) in [7, 11) is 0. The van der Waals surface area contributed by atoms with E-state index >= 15 is 0 Å². The van der Waals surface area contributed by atoms with Crippen LogP contribution < -0.4 is 10.3 Å². The van der Waals surface area contributed by atoms with Gasteiger partial charge in [-0.2, -0.15) is 0 Å². The van der Waals surface area contributed by atoms with Crippen LogP contribution in [0.15, 0.2) is 35.1 Å². The Morgan fingerprint density at radius 3 is 2.77 bits per heavy atom. The molecule has 2 rings (SSSR count). The van der Waals surface area contributed by atoms with Crippen molar-refractivity contribution in [2.24, 2.45) is 0 Å². The van der Waals surface area contributed by atoms with E-state index in [0.29, 0.717) is 11.7 Å². The van der Waals surface area contributed by atoms with Crippen LogP contribution >= 0.6 is 0 Å². The Bertz CT molecular complexity index is 722. The van der Waals surface area contributed by atoms with Crippen LogP contribution in [0, 0.1) is 0 Å². The lowest BCUT2D eigenvalue weighted by Crippen LogP contribution is -2.16. The number of hydrogen-bond acceptors (Lipinski definition) is 4. The summed E-state index contributed by atoms with van der Waals surface area (Å²) >= 11 is 0. The Balaban J connectivity index is 2.17. The monoisotopic (exact) mass is 302 g/mol. The fourth-order valence-corrected chi connectivity index (χ4v) is 2.11. The minimum absolute atomic E-state index is 0.0758. The van der Waals surface area contributed by atoms with Crippen molar-refractivity contribution < 1.29 is 14.6 Å². The number of nitrogens with one attached hydrogen (secondary N) is 1. The maximum Gasteiger partial charge on any atom is 0.309 e. The molecule has 0 radical (unpaired) electrons. The largest absolute Gasteiger partial charge is 0.485 e. The van der Waals surface area contributed by atoms with Gasteiger partial charge in [0.25, 0.3) is 5.56 Å². The summed E-state index contributed by atoms with van der Waals surface area (Å²) in [4.78, 5) is 28.9. The van der Waals surface area contributed by atoms with Gasteiger partial charge >= 0.3 is 5.97 Å². The van der Waals surface area contributed by atoms with Crippen LogP contribution in [0.5, 0.6) is 5.75 Å². The Hall–Kier alpha value is -2.63. The van der Waals surface area contributed by atoms with Crippen LogP contribution in [0.2, 0.25) is 0 Å². The lowest BCUT2D eigenvalue weighted by atomic mass is 10.0. The summed E-state index contributed by atoms with van der Waals surface area (Å²) in [6.45, 7) is 4.21. The molecule has 1 aromatic carbocycles. The second-order valence-electron chi connectivity index (χ2n) is 5.24. The first-order chi connectivity index (χ1) is 10.5. The van der Waals surface area contributed by atoms with E-state index in [1.165, 1.54) is 6.07 Å². The van der Waals surface area contributed by atoms with Gasteiger partial charge in [0.2, 0.25) is 0 Å². The Morgan fingerprint density at radius 1 is 1.36 bits per heavy atom. The van der Waals surface area contributed by atoms with Crippen LogP contribution in [-0.4, -0.2) is 21.0 Å². The van der Waals surface area contributed by atoms with Crippen LogP contribution in [0.25, 0.3) is 0 Å². The molecule has 0 aliphatic heterocycles. The number of carboxylic acid groups (broad SMARTS) is 1. The number of rotatable bonds is 6. The second kappa shape index (κ2) is 6.89. The molecule has 6 nitrogen and oxygen atoms in total. The molecule has 0 bridgehead atoms. The van der Waals surface area contributed by atoms with Crippen molar-refractivity contribution in [2.75, 3.05) is 0 Å². The molecule has 0 fully saturated rings. The highest BCUT2D eigenvalue weighted by molar-refractivity contribution is 5.69. The molecule has 22 heavy (non-hydrogen) atoms. The van der Waals surface area contributed by atoms with E-state index in [-0.39, 0.29) is 24.3 Å². The third-order valence-electron chi connectivity index (χ3n) is 3.08. The van der Waals surface area contributed by atoms with Gasteiger partial charge in [0.15, 0.2) is 0 Å². The normalized spacial score (nSPS) is 10.7. The average molecular weight is 302 g/mol. The van der Waals surface area contributed by atoms with Gasteiger partial charge < -0.3 is 14.8 Å². The SMILES string of the molecule is CC(C)c1ccccc1OCc1nc(CC(=O)O)cc(=O)[nH]1. The van der Waals surface area contributed by atoms with Crippen molar-refractivity contribution in [2.45, 2.75) is 32.8 Å². The highest BCUT2D eigenvalue weighted by Crippen LogP contribution is 2.26. The Kier molecular flexibility index (Phi) is 4.93. The molecule has 6 heteroatoms. The van der Waals surface area contributed by atoms with Gasteiger partial charge in [-0.1, -0.05) is 32.0 Å². The number of para-hydroxylation sites is 1. The van der Waals surface area contributed by atoms with E-state index in [0.717, 1.165) is 11.3 Å². The molecule has 0 spiro atoms. The molecule has 0 atom stereocenters. The van der Waals surface area contributed by atoms with Crippen LogP contribution in [0.4, 0.5) is 0 Å². The number of aliphatic carboxylic acids is 1. The molecule has 1 aromatic heterocycles. The van der Waals surface area contributed by atoms with Gasteiger partial charge in [-0.15, -0.1) is 0 Å². The van der Waals surface area contributed by atoms with Gasteiger partial charge in [-0.3, -0.25) is 9.59 Å². The van der Waals surface area contributed by atoms with E-state index in [1.54, 1.807) is 0 Å². The van der Waals surface area contributed by atoms with Gasteiger partial charge in [0.1, 0.15) is 18.2 Å². The first-order valence-electron chi connectivity index (χ1n) is 6.98. The second-order valence-corrected chi connectivity index (χ2v) is 5.24. The number of hydrogen-bond donors (Lipinski definition) is 2. The summed E-state index contributed by atoms with van der Waals surface area (Å²) in [5.41, 5.74) is 0.889. The van der Waals surface area contributed by atoms with E-state index < -0.39 is 5.97 Å². The number of aromatic amines is 1. The molecule has 116 valence electrons. The fourth-order valence-electron chi connectivity index (χ4n) is 2.11. The summed E-state index contributed by atoms with van der Waals surface area (Å²) in [5.74, 6) is 0.308. The maximum atomic E-state index is 11.5. The molecular weight excluding hydrogens is 284 g/mol. The molecular formula is C16H18N2O4. The molecule has 0 aliphatic carbocycles. The van der Waals surface area contributed by atoms with E-state index in [2.05, 4.69) is 23.8 Å². The number of benzene rings is 1. The quantitative estimate of drug-likeness (QED) is 0.852. The minimum Gasteiger partial charge on any atom is -0.485 e. The molecule has 0 aliphatic rings. The number of ether oxygens (including phenoxy) is 1. The first kappa shape index (κ1) is 15.8. The standard InChI is InChI=1S/C16H18N2O4/c1-10(2)12-5-3-4-6-13(12)22-9-14-17-11(8-16(20)21)7-15(19)18-14/h3-7,10H,8-9H2,1-2H3,(H,20,21)(H,17,18,19). The number of H-pyrrole nitrogens is 1. The zero-order chi connectivity index (χ0) is 16.1.